The molecule has 7 heteroatoms. The third-order valence-electron chi connectivity index (χ3n) is 12.2. The number of para-hydroxylation sites is 4. The second-order valence-electron chi connectivity index (χ2n) is 16.2. The first-order valence-corrected chi connectivity index (χ1v) is 21.0. The highest BCUT2D eigenvalue weighted by molar-refractivity contribution is 6.74. The Kier molecular flexibility index (Phi) is 9.44. The van der Waals surface area contributed by atoms with E-state index in [0.29, 0.717) is 31.1 Å². The van der Waals surface area contributed by atoms with E-state index in [1.807, 2.05) is 0 Å². The number of hydrogen-bond acceptors (Lipinski definition) is 1. The normalized spacial score (nSPS) is 18.2. The van der Waals surface area contributed by atoms with Crippen LogP contribution in [0.1, 0.15) is 37.4 Å². The van der Waals surface area contributed by atoms with Crippen LogP contribution in [-0.2, 0) is 13.1 Å². The smallest absolute Gasteiger partial charge is 0.233 e. The lowest BCUT2D eigenvalue weighted by molar-refractivity contribution is 0.656. The first kappa shape index (κ1) is 36.6. The maximum absolute atomic E-state index is 5.64. The number of fused-ring (bicyclic) bond motifs is 10. The van der Waals surface area contributed by atoms with E-state index in [-0.39, 0.29) is 0 Å². The van der Waals surface area contributed by atoms with Crippen molar-refractivity contribution in [2.75, 3.05) is 0 Å². The second-order valence-corrected chi connectivity index (χ2v) is 16.2. The van der Waals surface area contributed by atoms with Crippen LogP contribution in [0.3, 0.4) is 0 Å². The molecule has 1 atom stereocenters. The summed E-state index contributed by atoms with van der Waals surface area (Å²) < 4.78 is 7.14. The fourth-order valence-electron chi connectivity index (χ4n) is 9.34. The van der Waals surface area contributed by atoms with Crippen molar-refractivity contribution in [1.29, 1.82) is 0 Å². The molecule has 10 rings (SSSR count). The molecule has 2 aliphatic rings. The molecule has 0 radical (unpaired) electrons. The van der Waals surface area contributed by atoms with Gasteiger partial charge < -0.3 is 9.13 Å². The molecule has 8 aromatic rings. The fourth-order valence-corrected chi connectivity index (χ4v) is 9.34. The van der Waals surface area contributed by atoms with Gasteiger partial charge in [0, 0.05) is 38.2 Å². The van der Waals surface area contributed by atoms with Gasteiger partial charge in [-0.25, -0.2) is 9.98 Å². The van der Waals surface area contributed by atoms with Crippen LogP contribution in [0.25, 0.3) is 66.3 Å². The number of allylic oxidation sites excluding steroid dienone is 5. The molecule has 3 aromatic heterocycles. The summed E-state index contributed by atoms with van der Waals surface area (Å²) in [6, 6.07) is 39.5. The third kappa shape index (κ3) is 6.24. The first-order valence-electron chi connectivity index (χ1n) is 21.0. The molecular weight excluding hydrogens is 719 g/mol. The average molecular weight is 767 g/mol. The highest BCUT2D eigenvalue weighted by Gasteiger charge is 2.26. The molecule has 3 heterocycles. The number of hydrogen-bond donors (Lipinski definition) is 0. The van der Waals surface area contributed by atoms with Crippen molar-refractivity contribution in [2.24, 2.45) is 20.9 Å². The van der Waals surface area contributed by atoms with Crippen molar-refractivity contribution < 1.29 is 0 Å². The zero-order valence-electron chi connectivity index (χ0n) is 34.0. The van der Waals surface area contributed by atoms with E-state index in [2.05, 4.69) is 198 Å². The van der Waals surface area contributed by atoms with Crippen LogP contribution < -0.4 is 5.46 Å². The summed E-state index contributed by atoms with van der Waals surface area (Å²) in [5.41, 5.74) is 11.6. The predicted octanol–water partition coefficient (Wildman–Crippen LogP) is 12.2. The van der Waals surface area contributed by atoms with Gasteiger partial charge in [0.15, 0.2) is 12.5 Å². The van der Waals surface area contributed by atoms with Crippen molar-refractivity contribution in [3.05, 3.63) is 162 Å². The summed E-state index contributed by atoms with van der Waals surface area (Å²) in [4.78, 5) is 15.6. The Labute approximate surface area is 345 Å². The van der Waals surface area contributed by atoms with Crippen molar-refractivity contribution in [2.45, 2.75) is 52.9 Å². The van der Waals surface area contributed by atoms with Crippen molar-refractivity contribution in [1.82, 2.24) is 13.7 Å². The minimum absolute atomic E-state index is 0.292. The summed E-state index contributed by atoms with van der Waals surface area (Å²) in [5, 5.41) is 6.21. The van der Waals surface area contributed by atoms with Gasteiger partial charge in [-0.05, 0) is 80.3 Å². The SMILES string of the molecule is C=NC(=N\C(=N/Cn1c2ccccc2c2c(B(C)C)cc3c4ccccc4n(-c4ccccc4)c3c21)n1c2c(c3ccccc31)CCC(C)C=C2)/C1=C/C/C=C\C/C=C\1. The molecule has 0 saturated carbocycles. The van der Waals surface area contributed by atoms with Crippen LogP contribution in [0.2, 0.25) is 13.6 Å². The largest absolute Gasteiger partial charge is 0.318 e. The van der Waals surface area contributed by atoms with Crippen molar-refractivity contribution in [3.63, 3.8) is 0 Å². The second kappa shape index (κ2) is 15.2. The quantitative estimate of drug-likeness (QED) is 0.0725. The first-order chi connectivity index (χ1) is 29.0. The predicted molar refractivity (Wildman–Crippen MR) is 255 cm³/mol. The van der Waals surface area contributed by atoms with Gasteiger partial charge in [0.1, 0.15) is 6.67 Å². The molecule has 0 fully saturated rings. The van der Waals surface area contributed by atoms with Gasteiger partial charge >= 0.3 is 0 Å². The molecule has 0 amide bonds. The van der Waals surface area contributed by atoms with E-state index >= 15 is 0 Å². The van der Waals surface area contributed by atoms with Crippen LogP contribution in [0, 0.1) is 5.92 Å². The number of aryl methyl sites for hydroxylation is 1. The lowest BCUT2D eigenvalue weighted by Gasteiger charge is -2.15. The lowest BCUT2D eigenvalue weighted by Crippen LogP contribution is -2.23. The Morgan fingerprint density at radius 2 is 1.46 bits per heavy atom. The number of nitrogens with zero attached hydrogens (tertiary/aromatic N) is 6. The summed E-state index contributed by atoms with van der Waals surface area (Å²) >= 11 is 0. The zero-order valence-corrected chi connectivity index (χ0v) is 34.0. The summed E-state index contributed by atoms with van der Waals surface area (Å²) in [5.74, 6) is 1.61. The molecule has 59 heavy (non-hydrogen) atoms. The molecule has 0 aliphatic heterocycles. The van der Waals surface area contributed by atoms with E-state index in [0.717, 1.165) is 53.7 Å². The van der Waals surface area contributed by atoms with E-state index in [4.69, 9.17) is 9.98 Å². The van der Waals surface area contributed by atoms with Crippen LogP contribution in [-0.4, -0.2) is 38.9 Å². The Balaban J connectivity index is 1.31. The maximum Gasteiger partial charge on any atom is 0.233 e. The molecule has 0 spiro atoms. The molecule has 6 nitrogen and oxygen atoms in total. The molecule has 1 unspecified atom stereocenters. The van der Waals surface area contributed by atoms with Crippen LogP contribution in [0.15, 0.2) is 166 Å². The van der Waals surface area contributed by atoms with E-state index in [1.54, 1.807) is 0 Å². The number of rotatable bonds is 5. The summed E-state index contributed by atoms with van der Waals surface area (Å²) in [6.45, 7) is 11.6. The van der Waals surface area contributed by atoms with Crippen LogP contribution in [0.4, 0.5) is 0 Å². The average Bonchev–Trinajstić information content (AvgIpc) is 3.82. The molecule has 0 bridgehead atoms. The Morgan fingerprint density at radius 1 is 0.746 bits per heavy atom. The number of benzene rings is 5. The van der Waals surface area contributed by atoms with Gasteiger partial charge in [-0.15, -0.1) is 0 Å². The number of aromatic nitrogens is 3. The molecule has 5 aromatic carbocycles. The minimum atomic E-state index is 0.292. The van der Waals surface area contributed by atoms with Crippen LogP contribution >= 0.6 is 0 Å². The Bertz CT molecular complexity index is 3140. The third-order valence-corrected chi connectivity index (χ3v) is 12.2. The molecule has 0 N–H and O–H groups in total. The summed E-state index contributed by atoms with van der Waals surface area (Å²) in [6.07, 6.45) is 19.2. The van der Waals surface area contributed by atoms with Gasteiger partial charge in [0.05, 0.1) is 33.3 Å². The molecule has 0 saturated heterocycles. The molecule has 288 valence electrons. The van der Waals surface area contributed by atoms with E-state index in [1.165, 1.54) is 54.5 Å². The number of amidine groups is 1. The molecule has 2 aliphatic carbocycles. The standard InChI is InChI=1S/C52H47BN6/c1-35-29-31-40-38-23-13-18-28-46(38)59(47(40)32-30-35)52(56-51(54-4)36-19-9-6-5-7-10-20-36)55-34-57-44-26-16-15-25-41(44)48-43(53(2)3)33-42-39-24-14-17-27-45(39)58(49(42)50(48)57)37-21-11-8-12-22-37/h5-6,8,10-28,30,32-33,35H,4,7,9,29,31,34H2,1-3H3/b6-5-,20-10-,36-19+,55-52+,56-51-. The van der Waals surface area contributed by atoms with Crippen molar-refractivity contribution >= 4 is 91.3 Å². The fraction of sp³-hybridized carbons (Fsp3) is 0.173. The van der Waals surface area contributed by atoms with Gasteiger partial charge in [-0.3, -0.25) is 4.57 Å². The van der Waals surface area contributed by atoms with Crippen LogP contribution in [0.5, 0.6) is 0 Å². The number of aliphatic imine (C=N–C) groups is 3. The van der Waals surface area contributed by atoms with E-state index < -0.39 is 0 Å². The van der Waals surface area contributed by atoms with Gasteiger partial charge in [0.2, 0.25) is 5.96 Å². The van der Waals surface area contributed by atoms with E-state index in [9.17, 15) is 0 Å². The molecular formula is C52H47BN6. The highest BCUT2D eigenvalue weighted by Crippen LogP contribution is 2.40. The Morgan fingerprint density at radius 3 is 2.25 bits per heavy atom. The minimum Gasteiger partial charge on any atom is -0.318 e. The zero-order chi connectivity index (χ0) is 40.0. The summed E-state index contributed by atoms with van der Waals surface area (Å²) in [7, 11) is 0. The Hall–Kier alpha value is -6.73. The topological polar surface area (TPSA) is 51.9 Å². The van der Waals surface area contributed by atoms with Gasteiger partial charge in [-0.2, -0.15) is 4.99 Å². The van der Waals surface area contributed by atoms with Gasteiger partial charge in [0.25, 0.3) is 0 Å². The monoisotopic (exact) mass is 766 g/mol. The lowest BCUT2D eigenvalue weighted by atomic mass is 9.48. The van der Waals surface area contributed by atoms with Gasteiger partial charge in [-0.1, -0.05) is 141 Å². The highest BCUT2D eigenvalue weighted by atomic mass is 15.2. The maximum atomic E-state index is 5.64. The van der Waals surface area contributed by atoms with Crippen molar-refractivity contribution in [3.8, 4) is 5.69 Å².